The Balaban J connectivity index is 2.48. The van der Waals surface area contributed by atoms with E-state index in [1.807, 2.05) is 13.8 Å². The number of methoxy groups -OCH3 is 1. The van der Waals surface area contributed by atoms with Crippen molar-refractivity contribution >= 4 is 28.9 Å². The molecule has 0 aliphatic carbocycles. The number of hydrogen-bond donors (Lipinski definition) is 2. The van der Waals surface area contributed by atoms with E-state index in [0.29, 0.717) is 4.73 Å². The summed E-state index contributed by atoms with van der Waals surface area (Å²) in [6, 6.07) is -0.426. The van der Waals surface area contributed by atoms with E-state index in [9.17, 15) is 18.0 Å². The fourth-order valence-corrected chi connectivity index (χ4v) is 2.08. The smallest absolute Gasteiger partial charge is 0.466 e. The molecule has 2 heterocycles. The zero-order valence-electron chi connectivity index (χ0n) is 13.7. The Morgan fingerprint density at radius 2 is 2.04 bits per heavy atom. The zero-order chi connectivity index (χ0) is 18.8. The van der Waals surface area contributed by atoms with Crippen LogP contribution in [-0.4, -0.2) is 45.0 Å². The van der Waals surface area contributed by atoms with Crippen molar-refractivity contribution in [3.05, 3.63) is 0 Å². The number of nitrogens with one attached hydrogen (secondary N) is 1. The summed E-state index contributed by atoms with van der Waals surface area (Å²) in [5.74, 6) is -2.48. The van der Waals surface area contributed by atoms with Crippen molar-refractivity contribution in [3.8, 4) is 6.01 Å². The van der Waals surface area contributed by atoms with E-state index in [1.54, 1.807) is 0 Å². The summed E-state index contributed by atoms with van der Waals surface area (Å²) in [4.78, 5) is 27.3. The van der Waals surface area contributed by atoms with Gasteiger partial charge in [0.2, 0.25) is 11.6 Å². The Bertz CT molecular complexity index is 776. The number of fused-ring (bicyclic) bond motifs is 1. The van der Waals surface area contributed by atoms with Gasteiger partial charge in [0.05, 0.1) is 7.11 Å². The summed E-state index contributed by atoms with van der Waals surface area (Å²) in [6.45, 7) is 3.88. The van der Waals surface area contributed by atoms with Crippen molar-refractivity contribution in [2.24, 2.45) is 0 Å². The first-order valence-corrected chi connectivity index (χ1v) is 7.33. The van der Waals surface area contributed by atoms with Crippen molar-refractivity contribution in [2.45, 2.75) is 38.9 Å². The Hall–Kier alpha value is -2.79. The molecule has 0 saturated heterocycles. The summed E-state index contributed by atoms with van der Waals surface area (Å²) in [6.07, 6.45) is -3.48. The highest BCUT2D eigenvalue weighted by Gasteiger charge is 2.43. The number of nitrogen functional groups attached to an aromatic ring is 1. The van der Waals surface area contributed by atoms with Crippen LogP contribution in [0.2, 0.25) is 0 Å². The largest absolute Gasteiger partial charge is 0.493 e. The van der Waals surface area contributed by atoms with Crippen LogP contribution in [-0.2, 0) is 4.79 Å². The van der Waals surface area contributed by atoms with Gasteiger partial charge in [-0.2, -0.15) is 28.1 Å². The zero-order valence-corrected chi connectivity index (χ0v) is 13.7. The second kappa shape index (κ2) is 6.99. The van der Waals surface area contributed by atoms with Gasteiger partial charge in [0.1, 0.15) is 0 Å². The average molecular weight is 362 g/mol. The molecule has 2 aromatic heterocycles. The van der Waals surface area contributed by atoms with Crippen LogP contribution < -0.4 is 20.6 Å². The van der Waals surface area contributed by atoms with Crippen LogP contribution in [0.25, 0.3) is 11.2 Å². The summed E-state index contributed by atoms with van der Waals surface area (Å²) >= 11 is 0. The highest BCUT2D eigenvalue weighted by Crippen LogP contribution is 2.25. The highest BCUT2D eigenvalue weighted by atomic mass is 19.4. The molecule has 3 N–H and O–H groups in total. The van der Waals surface area contributed by atoms with Crippen LogP contribution in [0.5, 0.6) is 6.01 Å². The topological polar surface area (TPSA) is 117 Å². The lowest BCUT2D eigenvalue weighted by Crippen LogP contribution is -2.33. The molecule has 1 atom stereocenters. The number of halogens is 3. The molecule has 2 aromatic rings. The first kappa shape index (κ1) is 18.5. The Morgan fingerprint density at radius 1 is 1.36 bits per heavy atom. The minimum atomic E-state index is -5.20. The second-order valence-electron chi connectivity index (χ2n) is 5.21. The van der Waals surface area contributed by atoms with Crippen molar-refractivity contribution < 1.29 is 27.5 Å². The SMILES string of the molecule is CCC[C@H](C)Nc1nc(N)c2nc(OC)n(OC(=O)C(F)(F)F)c2n1. The molecule has 25 heavy (non-hydrogen) atoms. The standard InChI is InChI=1S/C13H17F3N6O3/c1-4-5-6(2)18-11-20-8(17)7-9(21-11)22(12(19-7)24-3)25-10(23)13(14,15)16/h6H,4-5H2,1-3H3,(H3,17,18,20,21)/t6-/m0/s1. The van der Waals surface area contributed by atoms with Gasteiger partial charge in [-0.05, 0) is 13.3 Å². The monoisotopic (exact) mass is 362 g/mol. The van der Waals surface area contributed by atoms with Gasteiger partial charge in [-0.1, -0.05) is 18.1 Å². The number of nitrogens with zero attached hydrogens (tertiary/aromatic N) is 4. The van der Waals surface area contributed by atoms with Crippen molar-refractivity contribution in [1.82, 2.24) is 19.7 Å². The maximum Gasteiger partial charge on any atom is 0.493 e. The van der Waals surface area contributed by atoms with E-state index >= 15 is 0 Å². The van der Waals surface area contributed by atoms with Gasteiger partial charge in [0.25, 0.3) is 0 Å². The predicted molar refractivity (Wildman–Crippen MR) is 81.9 cm³/mol. The lowest BCUT2D eigenvalue weighted by molar-refractivity contribution is -0.199. The van der Waals surface area contributed by atoms with Crippen molar-refractivity contribution in [3.63, 3.8) is 0 Å². The number of hydrogen-bond acceptors (Lipinski definition) is 8. The lowest BCUT2D eigenvalue weighted by atomic mass is 10.2. The van der Waals surface area contributed by atoms with Crippen LogP contribution in [0, 0.1) is 0 Å². The molecular formula is C13H17F3N6O3. The molecule has 0 fully saturated rings. The number of anilines is 2. The molecule has 0 unspecified atom stereocenters. The van der Waals surface area contributed by atoms with Crippen LogP contribution in [0.4, 0.5) is 24.9 Å². The number of imidazole rings is 1. The minimum absolute atomic E-state index is 0.00200. The number of alkyl halides is 3. The van der Waals surface area contributed by atoms with Gasteiger partial charge in [-0.15, -0.1) is 0 Å². The van der Waals surface area contributed by atoms with E-state index in [4.69, 9.17) is 10.5 Å². The Morgan fingerprint density at radius 3 is 2.60 bits per heavy atom. The third-order valence-electron chi connectivity index (χ3n) is 3.15. The van der Waals surface area contributed by atoms with Gasteiger partial charge >= 0.3 is 18.2 Å². The molecule has 138 valence electrons. The molecule has 0 aliphatic heterocycles. The van der Waals surface area contributed by atoms with E-state index < -0.39 is 18.2 Å². The molecule has 9 nitrogen and oxygen atoms in total. The maximum absolute atomic E-state index is 12.5. The lowest BCUT2D eigenvalue weighted by Gasteiger charge is -2.13. The van der Waals surface area contributed by atoms with Crippen LogP contribution >= 0.6 is 0 Å². The number of rotatable bonds is 6. The molecule has 0 saturated carbocycles. The quantitative estimate of drug-likeness (QED) is 0.795. The van der Waals surface area contributed by atoms with Gasteiger partial charge in [0.15, 0.2) is 11.3 Å². The van der Waals surface area contributed by atoms with Gasteiger partial charge in [0, 0.05) is 6.04 Å². The van der Waals surface area contributed by atoms with Crippen molar-refractivity contribution in [1.29, 1.82) is 0 Å². The number of carbonyl (C=O) groups excluding carboxylic acids is 1. The molecule has 0 bridgehead atoms. The fourth-order valence-electron chi connectivity index (χ4n) is 2.08. The second-order valence-corrected chi connectivity index (χ2v) is 5.21. The molecule has 2 rings (SSSR count). The van der Waals surface area contributed by atoms with Gasteiger partial charge in [-0.3, -0.25) is 0 Å². The fraction of sp³-hybridized carbons (Fsp3) is 0.538. The molecule has 0 aliphatic rings. The molecule has 12 heteroatoms. The molecule has 0 amide bonds. The number of ether oxygens (including phenoxy) is 1. The van der Waals surface area contributed by atoms with E-state index in [2.05, 4.69) is 25.1 Å². The highest BCUT2D eigenvalue weighted by molar-refractivity contribution is 5.85. The minimum Gasteiger partial charge on any atom is -0.466 e. The van der Waals surface area contributed by atoms with Gasteiger partial charge in [-0.25, -0.2) is 4.79 Å². The van der Waals surface area contributed by atoms with E-state index in [-0.39, 0.29) is 29.0 Å². The van der Waals surface area contributed by atoms with Crippen molar-refractivity contribution in [2.75, 3.05) is 18.2 Å². The molecule has 0 aromatic carbocycles. The summed E-state index contributed by atoms with van der Waals surface area (Å²) < 4.78 is 42.7. The van der Waals surface area contributed by atoms with Crippen LogP contribution in [0.1, 0.15) is 26.7 Å². The van der Waals surface area contributed by atoms with Gasteiger partial charge < -0.3 is 20.6 Å². The summed E-state index contributed by atoms with van der Waals surface area (Å²) in [7, 11) is 1.14. The third-order valence-corrected chi connectivity index (χ3v) is 3.15. The number of aromatic nitrogens is 4. The first-order chi connectivity index (χ1) is 11.7. The van der Waals surface area contributed by atoms with Crippen LogP contribution in [0.3, 0.4) is 0 Å². The summed E-state index contributed by atoms with van der Waals surface area (Å²) in [5, 5.41) is 2.97. The average Bonchev–Trinajstić information content (AvgIpc) is 2.85. The molecular weight excluding hydrogens is 345 g/mol. The summed E-state index contributed by atoms with van der Waals surface area (Å²) in [5.41, 5.74) is 5.49. The first-order valence-electron chi connectivity index (χ1n) is 7.33. The normalized spacial score (nSPS) is 12.9. The van der Waals surface area contributed by atoms with E-state index in [1.165, 1.54) is 0 Å². The molecule has 0 radical (unpaired) electrons. The maximum atomic E-state index is 12.5. The van der Waals surface area contributed by atoms with Crippen LogP contribution in [0.15, 0.2) is 0 Å². The Labute approximate surface area is 140 Å². The predicted octanol–water partition coefficient (Wildman–Crippen LogP) is 1.54. The van der Waals surface area contributed by atoms with E-state index in [0.717, 1.165) is 20.0 Å². The number of carbonyl (C=O) groups is 1. The Kier molecular flexibility index (Phi) is 5.18. The molecule has 0 spiro atoms. The third kappa shape index (κ3) is 4.00. The number of nitrogens with two attached hydrogens (primary N) is 1.